The molecule has 146 valence electrons. The Hall–Kier alpha value is -2.61. The van der Waals surface area contributed by atoms with Crippen LogP contribution in [-0.4, -0.2) is 46.9 Å². The minimum Gasteiger partial charge on any atom is -0.451 e. The number of nitrogens with zero attached hydrogens (tertiary/aromatic N) is 1. The molecular formula is C18H22ClN3O5. The van der Waals surface area contributed by atoms with Crippen LogP contribution >= 0.6 is 11.6 Å². The number of rotatable bonds is 6. The first-order valence-corrected chi connectivity index (χ1v) is 8.86. The van der Waals surface area contributed by atoms with Gasteiger partial charge in [-0.3, -0.25) is 19.3 Å². The zero-order valence-electron chi connectivity index (χ0n) is 15.6. The molecule has 0 bridgehead atoms. The molecule has 1 aromatic carbocycles. The molecule has 0 spiro atoms. The number of amides is 4. The minimum atomic E-state index is -1.12. The normalized spacial score (nSPS) is 20.3. The van der Waals surface area contributed by atoms with Crippen LogP contribution in [0.3, 0.4) is 0 Å². The molecule has 0 saturated carbocycles. The fourth-order valence-corrected chi connectivity index (χ4v) is 2.70. The van der Waals surface area contributed by atoms with E-state index in [0.29, 0.717) is 22.7 Å². The Morgan fingerprint density at radius 1 is 1.37 bits per heavy atom. The van der Waals surface area contributed by atoms with Crippen molar-refractivity contribution in [1.29, 1.82) is 0 Å². The van der Waals surface area contributed by atoms with E-state index in [-0.39, 0.29) is 0 Å². The molecule has 0 aliphatic carbocycles. The summed E-state index contributed by atoms with van der Waals surface area (Å²) in [6.45, 7) is 5.92. The van der Waals surface area contributed by atoms with E-state index in [0.717, 1.165) is 4.90 Å². The van der Waals surface area contributed by atoms with E-state index in [9.17, 15) is 19.2 Å². The van der Waals surface area contributed by atoms with E-state index >= 15 is 0 Å². The number of hydrogen-bond acceptors (Lipinski definition) is 5. The summed E-state index contributed by atoms with van der Waals surface area (Å²) in [5.74, 6) is -1.91. The third-order valence-corrected chi connectivity index (χ3v) is 4.95. The molecule has 2 atom stereocenters. The van der Waals surface area contributed by atoms with Crippen LogP contribution in [-0.2, 0) is 19.1 Å². The summed E-state index contributed by atoms with van der Waals surface area (Å²) in [5, 5.41) is 5.67. The first kappa shape index (κ1) is 20.7. The van der Waals surface area contributed by atoms with Crippen LogP contribution in [0.15, 0.2) is 18.2 Å². The largest absolute Gasteiger partial charge is 0.451 e. The van der Waals surface area contributed by atoms with Crippen molar-refractivity contribution >= 4 is 41.1 Å². The second-order valence-corrected chi connectivity index (χ2v) is 6.95. The Balaban J connectivity index is 1.95. The van der Waals surface area contributed by atoms with E-state index in [1.165, 1.54) is 6.92 Å². The van der Waals surface area contributed by atoms with Gasteiger partial charge < -0.3 is 15.4 Å². The Morgan fingerprint density at radius 2 is 2.04 bits per heavy atom. The number of nitrogens with one attached hydrogen (secondary N) is 2. The van der Waals surface area contributed by atoms with Crippen molar-refractivity contribution in [2.45, 2.75) is 45.8 Å². The number of benzene rings is 1. The molecule has 1 aliphatic heterocycles. The molecule has 2 N–H and O–H groups in total. The van der Waals surface area contributed by atoms with Gasteiger partial charge in [-0.15, -0.1) is 0 Å². The molecule has 0 aromatic heterocycles. The van der Waals surface area contributed by atoms with Gasteiger partial charge in [0, 0.05) is 10.7 Å². The molecule has 1 saturated heterocycles. The van der Waals surface area contributed by atoms with Crippen molar-refractivity contribution in [3.05, 3.63) is 28.8 Å². The maximum atomic E-state index is 12.3. The van der Waals surface area contributed by atoms with Gasteiger partial charge in [-0.05, 0) is 44.9 Å². The van der Waals surface area contributed by atoms with Crippen LogP contribution in [0.5, 0.6) is 0 Å². The van der Waals surface area contributed by atoms with Crippen LogP contribution in [0.25, 0.3) is 0 Å². The molecule has 1 fully saturated rings. The van der Waals surface area contributed by atoms with Crippen LogP contribution < -0.4 is 10.6 Å². The molecule has 4 amide bonds. The second-order valence-electron chi connectivity index (χ2n) is 6.54. The number of ether oxygens (including phenoxy) is 1. The van der Waals surface area contributed by atoms with Gasteiger partial charge in [0.1, 0.15) is 12.1 Å². The average molecular weight is 396 g/mol. The molecular weight excluding hydrogens is 374 g/mol. The lowest BCUT2D eigenvalue weighted by Gasteiger charge is -2.19. The number of carbonyl (C=O) groups is 4. The van der Waals surface area contributed by atoms with Gasteiger partial charge in [-0.1, -0.05) is 24.6 Å². The lowest BCUT2D eigenvalue weighted by atomic mass is 9.99. The highest BCUT2D eigenvalue weighted by Gasteiger charge is 2.47. The van der Waals surface area contributed by atoms with Gasteiger partial charge in [-0.2, -0.15) is 0 Å². The monoisotopic (exact) mass is 395 g/mol. The van der Waals surface area contributed by atoms with Crippen molar-refractivity contribution in [2.24, 2.45) is 0 Å². The quantitative estimate of drug-likeness (QED) is 0.567. The Labute approximate surface area is 162 Å². The fraction of sp³-hybridized carbons (Fsp3) is 0.444. The SMILES string of the molecule is CC[C@]1(C)NC(=O)N(CC(=O)O[C@H](C)C(=O)Nc2cccc(Cl)c2C)C1=O. The third kappa shape index (κ3) is 4.39. The molecule has 2 rings (SSSR count). The maximum absolute atomic E-state index is 12.3. The minimum absolute atomic E-state index is 0.390. The average Bonchev–Trinajstić information content (AvgIpc) is 2.82. The third-order valence-electron chi connectivity index (χ3n) is 4.54. The van der Waals surface area contributed by atoms with Gasteiger partial charge in [-0.25, -0.2) is 4.79 Å². The number of halogens is 1. The van der Waals surface area contributed by atoms with Crippen molar-refractivity contribution < 1.29 is 23.9 Å². The summed E-state index contributed by atoms with van der Waals surface area (Å²) in [7, 11) is 0. The van der Waals surface area contributed by atoms with Crippen LogP contribution in [0.4, 0.5) is 10.5 Å². The smallest absolute Gasteiger partial charge is 0.327 e. The number of esters is 1. The van der Waals surface area contributed by atoms with Gasteiger partial charge in [0.2, 0.25) is 0 Å². The number of anilines is 1. The van der Waals surface area contributed by atoms with Crippen LogP contribution in [0.1, 0.15) is 32.8 Å². The van der Waals surface area contributed by atoms with Crippen molar-refractivity contribution in [3.8, 4) is 0 Å². The topological polar surface area (TPSA) is 105 Å². The molecule has 8 nitrogen and oxygen atoms in total. The lowest BCUT2D eigenvalue weighted by Crippen LogP contribution is -2.44. The van der Waals surface area contributed by atoms with Crippen molar-refractivity contribution in [2.75, 3.05) is 11.9 Å². The highest BCUT2D eigenvalue weighted by Crippen LogP contribution is 2.23. The van der Waals surface area contributed by atoms with E-state index in [1.54, 1.807) is 39.0 Å². The molecule has 0 unspecified atom stereocenters. The molecule has 1 aromatic rings. The van der Waals surface area contributed by atoms with Gasteiger partial charge in [0.05, 0.1) is 0 Å². The zero-order chi connectivity index (χ0) is 20.4. The van der Waals surface area contributed by atoms with Gasteiger partial charge in [0.15, 0.2) is 6.10 Å². The summed E-state index contributed by atoms with van der Waals surface area (Å²) >= 11 is 6.01. The standard InChI is InChI=1S/C18H22ClN3O5/c1-5-18(4)16(25)22(17(26)21-18)9-14(23)27-11(3)15(24)20-13-8-6-7-12(19)10(13)2/h6-8,11H,5,9H2,1-4H3,(H,20,24)(H,21,26)/t11-,18+/m1/s1. The summed E-state index contributed by atoms with van der Waals surface area (Å²) in [4.78, 5) is 49.3. The molecule has 9 heteroatoms. The summed E-state index contributed by atoms with van der Waals surface area (Å²) in [5.41, 5.74) is 0.150. The highest BCUT2D eigenvalue weighted by atomic mass is 35.5. The van der Waals surface area contributed by atoms with Crippen molar-refractivity contribution in [1.82, 2.24) is 10.2 Å². The Bertz CT molecular complexity index is 797. The number of imide groups is 1. The molecule has 27 heavy (non-hydrogen) atoms. The Morgan fingerprint density at radius 3 is 2.63 bits per heavy atom. The Kier molecular flexibility index (Phi) is 6.10. The maximum Gasteiger partial charge on any atom is 0.327 e. The first-order valence-electron chi connectivity index (χ1n) is 8.48. The second kappa shape index (κ2) is 7.96. The number of hydrogen-bond donors (Lipinski definition) is 2. The van der Waals surface area contributed by atoms with Crippen LogP contribution in [0.2, 0.25) is 5.02 Å². The number of urea groups is 1. The molecule has 1 aliphatic rings. The fourth-order valence-electron chi connectivity index (χ4n) is 2.52. The predicted molar refractivity (Wildman–Crippen MR) is 99.3 cm³/mol. The van der Waals surface area contributed by atoms with Gasteiger partial charge in [0.25, 0.3) is 11.8 Å². The van der Waals surface area contributed by atoms with E-state index in [2.05, 4.69) is 10.6 Å². The van der Waals surface area contributed by atoms with E-state index in [1.807, 2.05) is 0 Å². The predicted octanol–water partition coefficient (Wildman–Crippen LogP) is 2.24. The zero-order valence-corrected chi connectivity index (χ0v) is 16.3. The highest BCUT2D eigenvalue weighted by molar-refractivity contribution is 6.31. The summed E-state index contributed by atoms with van der Waals surface area (Å²) < 4.78 is 5.06. The molecule has 0 radical (unpaired) electrons. The van der Waals surface area contributed by atoms with Crippen LogP contribution in [0, 0.1) is 6.92 Å². The summed E-state index contributed by atoms with van der Waals surface area (Å²) in [6, 6.07) is 4.39. The van der Waals surface area contributed by atoms with E-state index in [4.69, 9.17) is 16.3 Å². The van der Waals surface area contributed by atoms with E-state index < -0.39 is 42.0 Å². The lowest BCUT2D eigenvalue weighted by molar-refractivity contribution is -0.155. The first-order chi connectivity index (χ1) is 12.6. The van der Waals surface area contributed by atoms with Gasteiger partial charge >= 0.3 is 12.0 Å². The van der Waals surface area contributed by atoms with Crippen molar-refractivity contribution in [3.63, 3.8) is 0 Å². The summed E-state index contributed by atoms with van der Waals surface area (Å²) in [6.07, 6.45) is -0.727. The number of carbonyl (C=O) groups excluding carboxylic acids is 4. The molecule has 1 heterocycles.